The third-order valence-corrected chi connectivity index (χ3v) is 4.42. The van der Waals surface area contributed by atoms with Crippen molar-refractivity contribution in [3.8, 4) is 17.0 Å². The van der Waals surface area contributed by atoms with Gasteiger partial charge in [-0.2, -0.15) is 0 Å². The van der Waals surface area contributed by atoms with Gasteiger partial charge in [0.15, 0.2) is 6.73 Å². The molecule has 0 unspecified atom stereocenters. The van der Waals surface area contributed by atoms with Gasteiger partial charge in [0.1, 0.15) is 11.8 Å². The first-order chi connectivity index (χ1) is 11.7. The number of carbonyl (C=O) groups is 1. The zero-order chi connectivity index (χ0) is 18.6. The number of hydrogen-bond donors (Lipinski definition) is 1. The zero-order valence-corrected chi connectivity index (χ0v) is 14.7. The van der Waals surface area contributed by atoms with Gasteiger partial charge in [-0.05, 0) is 24.6 Å². The van der Waals surface area contributed by atoms with Gasteiger partial charge in [-0.3, -0.25) is 8.75 Å². The van der Waals surface area contributed by atoms with Crippen molar-refractivity contribution in [3.63, 3.8) is 0 Å². The summed E-state index contributed by atoms with van der Waals surface area (Å²) in [7, 11) is 0. The Morgan fingerprint density at radius 3 is 2.68 bits per heavy atom. The van der Waals surface area contributed by atoms with Crippen molar-refractivity contribution in [1.82, 2.24) is 3.96 Å². The molecule has 0 radical (unpaired) electrons. The van der Waals surface area contributed by atoms with Gasteiger partial charge in [0, 0.05) is 10.9 Å². The number of aromatic nitrogens is 1. The molecule has 0 saturated heterocycles. The van der Waals surface area contributed by atoms with Gasteiger partial charge < -0.3 is 15.2 Å². The van der Waals surface area contributed by atoms with Gasteiger partial charge in [-0.25, -0.2) is 0 Å². The summed E-state index contributed by atoms with van der Waals surface area (Å²) < 4.78 is 47.4. The van der Waals surface area contributed by atoms with Crippen LogP contribution in [0, 0.1) is 0 Å². The van der Waals surface area contributed by atoms with Gasteiger partial charge >= 0.3 is 12.3 Å². The summed E-state index contributed by atoms with van der Waals surface area (Å²) in [5, 5.41) is 1.59. The highest BCUT2D eigenvalue weighted by atomic mass is 35.5. The number of nitrogens with zero attached hydrogens (tertiary/aromatic N) is 1. The monoisotopic (exact) mass is 396 g/mol. The van der Waals surface area contributed by atoms with Crippen molar-refractivity contribution < 1.29 is 27.4 Å². The molecule has 0 saturated carbocycles. The highest BCUT2D eigenvalue weighted by Crippen LogP contribution is 2.35. The first kappa shape index (κ1) is 19.6. The summed E-state index contributed by atoms with van der Waals surface area (Å²) >= 11 is 7.13. The second kappa shape index (κ2) is 8.11. The molecule has 0 fully saturated rings. The first-order valence-corrected chi connectivity index (χ1v) is 8.55. The van der Waals surface area contributed by atoms with E-state index in [1.54, 1.807) is 9.34 Å². The fourth-order valence-corrected chi connectivity index (χ4v) is 2.95. The van der Waals surface area contributed by atoms with Crippen molar-refractivity contribution in [2.24, 2.45) is 5.73 Å². The van der Waals surface area contributed by atoms with E-state index in [-0.39, 0.29) is 11.8 Å². The molecule has 2 rings (SSSR count). The van der Waals surface area contributed by atoms with Crippen LogP contribution in [0.15, 0.2) is 23.6 Å². The summed E-state index contributed by atoms with van der Waals surface area (Å²) in [5.41, 5.74) is 6.91. The molecule has 0 aliphatic rings. The Morgan fingerprint density at radius 1 is 1.44 bits per heavy atom. The quantitative estimate of drug-likeness (QED) is 0.704. The van der Waals surface area contributed by atoms with E-state index in [9.17, 15) is 18.0 Å². The van der Waals surface area contributed by atoms with Gasteiger partial charge in [0.2, 0.25) is 0 Å². The number of hydrogen-bond acceptors (Lipinski definition) is 5. The summed E-state index contributed by atoms with van der Waals surface area (Å²) in [4.78, 5) is 11.7. The molecular formula is C15H16ClF3N2O3S. The average molecular weight is 397 g/mol. The third-order valence-electron chi connectivity index (χ3n) is 3.24. The Bertz CT molecular complexity index is 730. The predicted octanol–water partition coefficient (Wildman–Crippen LogP) is 4.40. The Labute approximate surface area is 151 Å². The van der Waals surface area contributed by atoms with Gasteiger partial charge in [-0.1, -0.05) is 36.5 Å². The first-order valence-electron chi connectivity index (χ1n) is 7.33. The second-order valence-corrected chi connectivity index (χ2v) is 6.46. The van der Waals surface area contributed by atoms with Crippen LogP contribution in [0.1, 0.15) is 19.8 Å². The Kier molecular flexibility index (Phi) is 6.36. The molecule has 1 atom stereocenters. The minimum Gasteiger partial charge on any atom is -0.442 e. The zero-order valence-electron chi connectivity index (χ0n) is 13.2. The highest BCUT2D eigenvalue weighted by molar-refractivity contribution is 7.06. The molecule has 10 heteroatoms. The minimum atomic E-state index is -4.81. The van der Waals surface area contributed by atoms with Crippen LogP contribution in [0.4, 0.5) is 13.2 Å². The highest BCUT2D eigenvalue weighted by Gasteiger charge is 2.32. The van der Waals surface area contributed by atoms with Crippen LogP contribution < -0.4 is 10.5 Å². The fraction of sp³-hybridized carbons (Fsp3) is 0.400. The molecule has 0 aliphatic carbocycles. The molecular weight excluding hydrogens is 381 g/mol. The third kappa shape index (κ3) is 5.38. The van der Waals surface area contributed by atoms with Crippen molar-refractivity contribution in [2.75, 3.05) is 0 Å². The molecule has 0 bridgehead atoms. The molecule has 5 nitrogen and oxygen atoms in total. The summed E-state index contributed by atoms with van der Waals surface area (Å²) in [5.74, 6) is -0.977. The van der Waals surface area contributed by atoms with E-state index < -0.39 is 24.1 Å². The number of ether oxygens (including phenoxy) is 2. The molecule has 1 heterocycles. The predicted molar refractivity (Wildman–Crippen MR) is 88.4 cm³/mol. The topological polar surface area (TPSA) is 66.5 Å². The molecule has 2 aromatic rings. The lowest BCUT2D eigenvalue weighted by molar-refractivity contribution is -0.274. The Morgan fingerprint density at radius 2 is 2.16 bits per heavy atom. The maximum absolute atomic E-state index is 12.3. The van der Waals surface area contributed by atoms with E-state index in [2.05, 4.69) is 4.74 Å². The van der Waals surface area contributed by atoms with Crippen LogP contribution in [0.25, 0.3) is 11.3 Å². The molecule has 1 aromatic carbocycles. The van der Waals surface area contributed by atoms with E-state index >= 15 is 0 Å². The average Bonchev–Trinajstić information content (AvgIpc) is 2.48. The molecule has 0 spiro atoms. The number of carbonyl (C=O) groups excluding carboxylic acids is 1. The van der Waals surface area contributed by atoms with Crippen molar-refractivity contribution >= 4 is 29.1 Å². The van der Waals surface area contributed by atoms with E-state index in [0.29, 0.717) is 17.7 Å². The minimum absolute atomic E-state index is 0.0226. The van der Waals surface area contributed by atoms with Crippen LogP contribution in [-0.4, -0.2) is 22.3 Å². The molecule has 2 N–H and O–H groups in total. The van der Waals surface area contributed by atoms with E-state index in [4.69, 9.17) is 22.1 Å². The molecule has 0 aliphatic heterocycles. The largest absolute Gasteiger partial charge is 0.573 e. The molecule has 1 aromatic heterocycles. The van der Waals surface area contributed by atoms with Crippen LogP contribution in [0.3, 0.4) is 0 Å². The Balaban J connectivity index is 2.03. The van der Waals surface area contributed by atoms with Crippen LogP contribution >= 0.6 is 23.1 Å². The number of nitrogens with two attached hydrogens (primary N) is 1. The number of benzene rings is 1. The van der Waals surface area contributed by atoms with Crippen molar-refractivity contribution in [3.05, 3.63) is 28.6 Å². The number of rotatable bonds is 7. The maximum atomic E-state index is 12.3. The molecule has 25 heavy (non-hydrogen) atoms. The number of alkyl halides is 3. The van der Waals surface area contributed by atoms with E-state index in [1.807, 2.05) is 6.92 Å². The normalized spacial score (nSPS) is 12.9. The summed E-state index contributed by atoms with van der Waals surface area (Å²) in [6.07, 6.45) is -3.51. The smallest absolute Gasteiger partial charge is 0.442 e. The van der Waals surface area contributed by atoms with E-state index in [1.165, 1.54) is 23.7 Å². The fourth-order valence-electron chi connectivity index (χ4n) is 2.02. The lowest BCUT2D eigenvalue weighted by Crippen LogP contribution is -2.32. The van der Waals surface area contributed by atoms with Gasteiger partial charge in [0.25, 0.3) is 0 Å². The molecule has 138 valence electrons. The van der Waals surface area contributed by atoms with E-state index in [0.717, 1.165) is 12.5 Å². The van der Waals surface area contributed by atoms with Crippen LogP contribution in [0.5, 0.6) is 5.75 Å². The lowest BCUT2D eigenvalue weighted by Gasteiger charge is -2.18. The maximum Gasteiger partial charge on any atom is 0.573 e. The summed E-state index contributed by atoms with van der Waals surface area (Å²) in [6, 6.07) is 3.26. The Hall–Kier alpha value is -1.71. The molecule has 0 amide bonds. The van der Waals surface area contributed by atoms with Gasteiger partial charge in [0.05, 0.1) is 10.7 Å². The van der Waals surface area contributed by atoms with Gasteiger partial charge in [-0.15, -0.1) is 13.2 Å². The van der Waals surface area contributed by atoms with Crippen LogP contribution in [0.2, 0.25) is 5.02 Å². The number of esters is 1. The van der Waals surface area contributed by atoms with Crippen molar-refractivity contribution in [2.45, 2.75) is 38.9 Å². The SMILES string of the molecule is CCC[C@H](N)C(=O)OCn1scc1-c1ccc(OC(F)(F)F)c(Cl)c1. The van der Waals surface area contributed by atoms with Crippen LogP contribution in [-0.2, 0) is 16.3 Å². The summed E-state index contributed by atoms with van der Waals surface area (Å²) in [6.45, 7) is 1.89. The second-order valence-electron chi connectivity index (χ2n) is 5.17. The lowest BCUT2D eigenvalue weighted by atomic mass is 10.1. The number of halogens is 4. The standard InChI is InChI=1S/C15H16ClF3N2O3S/c1-2-3-11(20)14(22)23-8-21-12(7-25-21)9-4-5-13(10(16)6-9)24-15(17,18)19/h4-7,11H,2-3,8,20H2,1H3/t11-/m0/s1. The van der Waals surface area contributed by atoms with Crippen molar-refractivity contribution in [1.29, 1.82) is 0 Å².